The fourth-order valence-corrected chi connectivity index (χ4v) is 4.16. The van der Waals surface area contributed by atoms with Crippen molar-refractivity contribution in [3.8, 4) is 0 Å². The van der Waals surface area contributed by atoms with Crippen LogP contribution in [0.4, 0.5) is 0 Å². The Balaban J connectivity index is 3.77. The van der Waals surface area contributed by atoms with Crippen molar-refractivity contribution in [3.05, 3.63) is 22.3 Å². The van der Waals surface area contributed by atoms with Gasteiger partial charge in [0.1, 0.15) is 0 Å². The first-order valence-corrected chi connectivity index (χ1v) is 10.1. The second-order valence-electron chi connectivity index (χ2n) is 6.47. The summed E-state index contributed by atoms with van der Waals surface area (Å²) in [4.78, 5) is 49.4. The Hall–Kier alpha value is -2.16. The van der Waals surface area contributed by atoms with Crippen molar-refractivity contribution < 1.29 is 38.1 Å². The van der Waals surface area contributed by atoms with Gasteiger partial charge in [0.2, 0.25) is 0 Å². The Bertz CT molecular complexity index is 722. The smallest absolute Gasteiger partial charge is 0.335 e. The van der Waals surface area contributed by atoms with Crippen molar-refractivity contribution in [2.75, 3.05) is 28.4 Å². The Morgan fingerprint density at radius 2 is 1.24 bits per heavy atom. The number of rotatable bonds is 7. The van der Waals surface area contributed by atoms with Crippen LogP contribution in [-0.2, 0) is 38.1 Å². The fraction of sp³-hybridized carbons (Fsp3) is 0.600. The van der Waals surface area contributed by atoms with Crippen LogP contribution < -0.4 is 0 Å². The third-order valence-electron chi connectivity index (χ3n) is 4.79. The first-order valence-electron chi connectivity index (χ1n) is 9.20. The number of alkyl halides is 1. The molecule has 0 saturated heterocycles. The zero-order valence-electron chi connectivity index (χ0n) is 17.3. The number of carbonyl (C=O) groups excluding carboxylic acids is 4. The normalized spacial score (nSPS) is 24.8. The van der Waals surface area contributed by atoms with Crippen LogP contribution in [0.3, 0.4) is 0 Å². The van der Waals surface area contributed by atoms with Gasteiger partial charge in [-0.05, 0) is 25.2 Å². The van der Waals surface area contributed by atoms with E-state index in [-0.39, 0.29) is 35.1 Å². The van der Waals surface area contributed by atoms with Crippen molar-refractivity contribution in [2.45, 2.75) is 43.9 Å². The van der Waals surface area contributed by atoms with E-state index >= 15 is 0 Å². The van der Waals surface area contributed by atoms with E-state index in [2.05, 4.69) is 15.9 Å². The van der Waals surface area contributed by atoms with Gasteiger partial charge < -0.3 is 18.9 Å². The Kier molecular flexibility index (Phi) is 10.1. The number of hydrogen-bond donors (Lipinski definition) is 0. The largest absolute Gasteiger partial charge is 0.466 e. The molecule has 0 bridgehead atoms. The Morgan fingerprint density at radius 3 is 1.69 bits per heavy atom. The minimum atomic E-state index is -0.773. The number of ether oxygens (including phenoxy) is 4. The van der Waals surface area contributed by atoms with E-state index in [4.69, 9.17) is 18.9 Å². The van der Waals surface area contributed by atoms with Gasteiger partial charge in [-0.25, -0.2) is 19.2 Å². The van der Waals surface area contributed by atoms with E-state index < -0.39 is 34.6 Å². The van der Waals surface area contributed by atoms with Crippen LogP contribution in [0.25, 0.3) is 0 Å². The summed E-state index contributed by atoms with van der Waals surface area (Å²) in [6.45, 7) is 1.98. The lowest BCUT2D eigenvalue weighted by atomic mass is 9.79. The average molecular weight is 475 g/mol. The molecular formula is C20H27BrO8. The summed E-state index contributed by atoms with van der Waals surface area (Å²) in [5.41, 5.74) is 0.425. The van der Waals surface area contributed by atoms with Crippen LogP contribution in [0.5, 0.6) is 0 Å². The number of esters is 4. The zero-order valence-corrected chi connectivity index (χ0v) is 18.9. The highest BCUT2D eigenvalue weighted by Gasteiger charge is 2.38. The van der Waals surface area contributed by atoms with Crippen molar-refractivity contribution >= 4 is 39.8 Å². The van der Waals surface area contributed by atoms with Gasteiger partial charge >= 0.3 is 23.9 Å². The molecule has 0 aromatic carbocycles. The molecule has 0 N–H and O–H groups in total. The van der Waals surface area contributed by atoms with Crippen molar-refractivity contribution in [2.24, 2.45) is 5.92 Å². The molecule has 0 heterocycles. The second-order valence-corrected chi connectivity index (χ2v) is 7.57. The molecule has 0 radical (unpaired) electrons. The molecule has 162 valence electrons. The van der Waals surface area contributed by atoms with Gasteiger partial charge in [0.25, 0.3) is 0 Å². The molecule has 2 unspecified atom stereocenters. The van der Waals surface area contributed by atoms with Gasteiger partial charge in [-0.1, -0.05) is 35.7 Å². The van der Waals surface area contributed by atoms with E-state index in [0.717, 1.165) is 12.8 Å². The summed E-state index contributed by atoms with van der Waals surface area (Å²) in [5, 5.41) is 0. The number of carbonyl (C=O) groups is 4. The van der Waals surface area contributed by atoms with Crippen LogP contribution in [0.15, 0.2) is 22.3 Å². The number of hydrogen-bond acceptors (Lipinski definition) is 8. The summed E-state index contributed by atoms with van der Waals surface area (Å²) >= 11 is 3.37. The molecule has 0 aromatic heterocycles. The van der Waals surface area contributed by atoms with Gasteiger partial charge in [0.05, 0.1) is 44.4 Å². The van der Waals surface area contributed by atoms with Crippen molar-refractivity contribution in [3.63, 3.8) is 0 Å². The molecule has 2 atom stereocenters. The molecule has 29 heavy (non-hydrogen) atoms. The predicted molar refractivity (Wildman–Crippen MR) is 107 cm³/mol. The summed E-state index contributed by atoms with van der Waals surface area (Å²) < 4.78 is 19.5. The highest BCUT2D eigenvalue weighted by Crippen LogP contribution is 2.38. The quantitative estimate of drug-likeness (QED) is 0.315. The van der Waals surface area contributed by atoms with E-state index in [0.29, 0.717) is 6.42 Å². The molecular weight excluding hydrogens is 448 g/mol. The highest BCUT2D eigenvalue weighted by atomic mass is 79.9. The summed E-state index contributed by atoms with van der Waals surface area (Å²) in [6.07, 6.45) is 2.03. The molecule has 1 rings (SSSR count). The Morgan fingerprint density at radius 1 is 0.793 bits per heavy atom. The van der Waals surface area contributed by atoms with Crippen molar-refractivity contribution in [1.29, 1.82) is 0 Å². The second kappa shape index (κ2) is 11.7. The number of halogens is 1. The van der Waals surface area contributed by atoms with Gasteiger partial charge in [-0.2, -0.15) is 0 Å². The van der Waals surface area contributed by atoms with Crippen LogP contribution in [0, 0.1) is 5.92 Å². The fourth-order valence-electron chi connectivity index (χ4n) is 3.38. The number of unbranched alkanes of at least 4 members (excludes halogenated alkanes) is 1. The molecule has 1 aliphatic rings. The van der Waals surface area contributed by atoms with Gasteiger partial charge in [-0.15, -0.1) is 0 Å². The van der Waals surface area contributed by atoms with Crippen molar-refractivity contribution in [1.82, 2.24) is 0 Å². The van der Waals surface area contributed by atoms with E-state index in [1.165, 1.54) is 28.4 Å². The topological polar surface area (TPSA) is 105 Å². The molecule has 0 aromatic rings. The monoisotopic (exact) mass is 474 g/mol. The maximum absolute atomic E-state index is 12.6. The van der Waals surface area contributed by atoms with E-state index in [9.17, 15) is 19.2 Å². The molecule has 9 heteroatoms. The third-order valence-corrected chi connectivity index (χ3v) is 5.57. The molecule has 0 amide bonds. The third kappa shape index (κ3) is 5.91. The van der Waals surface area contributed by atoms with Gasteiger partial charge in [0.15, 0.2) is 0 Å². The standard InChI is InChI=1S/C20H27BrO8/c1-6-7-8-11-9-12(17(22)26-2)16(20(25)29-5)14(21)10-13(18(23)27-3)15(11)19(24)28-4/h11,14H,6-10H2,1-5H3/b15-13-,16-12-. The van der Waals surface area contributed by atoms with Crippen LogP contribution in [0.1, 0.15) is 39.0 Å². The van der Waals surface area contributed by atoms with E-state index in [1.807, 2.05) is 6.92 Å². The van der Waals surface area contributed by atoms with Crippen LogP contribution in [0.2, 0.25) is 0 Å². The minimum Gasteiger partial charge on any atom is -0.466 e. The molecule has 0 aliphatic heterocycles. The summed E-state index contributed by atoms with van der Waals surface area (Å²) in [6, 6.07) is 0. The molecule has 0 spiro atoms. The molecule has 1 aliphatic carbocycles. The molecule has 0 saturated carbocycles. The summed E-state index contributed by atoms with van der Waals surface area (Å²) in [7, 11) is 4.85. The highest BCUT2D eigenvalue weighted by molar-refractivity contribution is 9.09. The van der Waals surface area contributed by atoms with Gasteiger partial charge in [0, 0.05) is 11.1 Å². The SMILES string of the molecule is CCCCC1C/C(C(=O)OC)=C(/C(=O)OC)C(Br)C/C(C(=O)OC)=C\1C(=O)OC. The Labute approximate surface area is 178 Å². The zero-order chi connectivity index (χ0) is 22.1. The summed E-state index contributed by atoms with van der Waals surface area (Å²) in [5.74, 6) is -3.31. The lowest BCUT2D eigenvalue weighted by Crippen LogP contribution is -2.30. The van der Waals surface area contributed by atoms with Gasteiger partial charge in [-0.3, -0.25) is 0 Å². The average Bonchev–Trinajstić information content (AvgIpc) is 2.72. The van der Waals surface area contributed by atoms with E-state index in [1.54, 1.807) is 0 Å². The minimum absolute atomic E-state index is 0.0180. The predicted octanol–water partition coefficient (Wildman–Crippen LogP) is 2.64. The first-order chi connectivity index (χ1) is 13.8. The van der Waals surface area contributed by atoms with Crippen LogP contribution in [-0.4, -0.2) is 57.1 Å². The lowest BCUT2D eigenvalue weighted by molar-refractivity contribution is -0.141. The number of methoxy groups -OCH3 is 4. The maximum atomic E-state index is 12.6. The first kappa shape index (κ1) is 24.9. The molecule has 8 nitrogen and oxygen atoms in total. The van der Waals surface area contributed by atoms with Crippen LogP contribution >= 0.6 is 15.9 Å². The lowest BCUT2D eigenvalue weighted by Gasteiger charge is -2.28. The maximum Gasteiger partial charge on any atom is 0.335 e. The molecule has 0 fully saturated rings.